The predicted molar refractivity (Wildman–Crippen MR) is 79.4 cm³/mol. The number of nitrogens with one attached hydrogen (secondary N) is 1. The van der Waals surface area contributed by atoms with E-state index in [2.05, 4.69) is 30.1 Å². The van der Waals surface area contributed by atoms with Crippen molar-refractivity contribution in [2.24, 2.45) is 5.92 Å². The zero-order valence-corrected chi connectivity index (χ0v) is 12.4. The molecule has 19 heavy (non-hydrogen) atoms. The van der Waals surface area contributed by atoms with Crippen LogP contribution in [0.1, 0.15) is 19.4 Å². The molecular weight excluding hydrogens is 260 g/mol. The van der Waals surface area contributed by atoms with Crippen LogP contribution in [0.5, 0.6) is 0 Å². The zero-order chi connectivity index (χ0) is 13.8. The molecule has 106 valence electrons. The molecule has 1 fully saturated rings. The fraction of sp³-hybridized carbons (Fsp3) is 0.600. The van der Waals surface area contributed by atoms with Crippen molar-refractivity contribution in [3.05, 3.63) is 34.9 Å². The average molecular weight is 283 g/mol. The Morgan fingerprint density at radius 3 is 2.89 bits per heavy atom. The highest BCUT2D eigenvalue weighted by molar-refractivity contribution is 6.30. The third kappa shape index (κ3) is 3.93. The molecular formula is C15H23ClN2O. The minimum atomic E-state index is 0.189. The first-order valence-electron chi connectivity index (χ1n) is 6.93. The first-order chi connectivity index (χ1) is 9.10. The highest BCUT2D eigenvalue weighted by atomic mass is 35.5. The summed E-state index contributed by atoms with van der Waals surface area (Å²) in [5, 5.41) is 13.8. The molecule has 4 heteroatoms. The Kier molecular flexibility index (Phi) is 5.22. The van der Waals surface area contributed by atoms with Crippen molar-refractivity contribution < 1.29 is 5.11 Å². The summed E-state index contributed by atoms with van der Waals surface area (Å²) in [6, 6.07) is 8.64. The van der Waals surface area contributed by atoms with E-state index < -0.39 is 0 Å². The van der Waals surface area contributed by atoms with E-state index in [4.69, 9.17) is 11.6 Å². The maximum atomic E-state index is 9.51. The SMILES string of the molecule is CC(C)C1CN(Cc2cccc(Cl)c2)C(CO)CN1. The Labute approximate surface area is 120 Å². The molecule has 0 spiro atoms. The van der Waals surface area contributed by atoms with Crippen LogP contribution in [-0.2, 0) is 6.54 Å². The summed E-state index contributed by atoms with van der Waals surface area (Å²) in [6.07, 6.45) is 0. The Bertz CT molecular complexity index is 411. The van der Waals surface area contributed by atoms with E-state index in [0.29, 0.717) is 12.0 Å². The van der Waals surface area contributed by atoms with Gasteiger partial charge in [0.2, 0.25) is 0 Å². The molecule has 1 aliphatic rings. The molecule has 1 heterocycles. The number of aliphatic hydroxyl groups excluding tert-OH is 1. The number of piperazine rings is 1. The second kappa shape index (κ2) is 6.71. The number of benzene rings is 1. The normalized spacial score (nSPS) is 24.9. The molecule has 2 atom stereocenters. The van der Waals surface area contributed by atoms with E-state index in [9.17, 15) is 5.11 Å². The molecule has 2 rings (SSSR count). The van der Waals surface area contributed by atoms with Gasteiger partial charge in [0.15, 0.2) is 0 Å². The molecule has 1 saturated heterocycles. The number of halogens is 1. The van der Waals surface area contributed by atoms with Gasteiger partial charge in [0, 0.05) is 36.7 Å². The standard InChI is InChI=1S/C15H23ClN2O/c1-11(2)15-9-18(14(10-19)7-17-15)8-12-4-3-5-13(16)6-12/h3-6,11,14-15,17,19H,7-10H2,1-2H3. The molecule has 2 N–H and O–H groups in total. The summed E-state index contributed by atoms with van der Waals surface area (Å²) in [7, 11) is 0. The van der Waals surface area contributed by atoms with Crippen molar-refractivity contribution in [3.63, 3.8) is 0 Å². The highest BCUT2D eigenvalue weighted by Crippen LogP contribution is 2.18. The summed E-state index contributed by atoms with van der Waals surface area (Å²) in [4.78, 5) is 2.35. The van der Waals surface area contributed by atoms with Gasteiger partial charge in [-0.2, -0.15) is 0 Å². The van der Waals surface area contributed by atoms with Gasteiger partial charge in [-0.3, -0.25) is 4.90 Å². The van der Waals surface area contributed by atoms with Crippen molar-refractivity contribution in [2.45, 2.75) is 32.5 Å². The lowest BCUT2D eigenvalue weighted by Crippen LogP contribution is -2.58. The van der Waals surface area contributed by atoms with Crippen molar-refractivity contribution in [1.82, 2.24) is 10.2 Å². The van der Waals surface area contributed by atoms with Crippen molar-refractivity contribution in [2.75, 3.05) is 19.7 Å². The number of nitrogens with zero attached hydrogens (tertiary/aromatic N) is 1. The first-order valence-corrected chi connectivity index (χ1v) is 7.30. The topological polar surface area (TPSA) is 35.5 Å². The summed E-state index contributed by atoms with van der Waals surface area (Å²) in [5.74, 6) is 0.599. The monoisotopic (exact) mass is 282 g/mol. The maximum absolute atomic E-state index is 9.51. The van der Waals surface area contributed by atoms with Gasteiger partial charge in [-0.05, 0) is 23.6 Å². The molecule has 0 aliphatic carbocycles. The van der Waals surface area contributed by atoms with Crippen LogP contribution in [0.2, 0.25) is 5.02 Å². The number of hydrogen-bond acceptors (Lipinski definition) is 3. The Balaban J connectivity index is 2.06. The van der Waals surface area contributed by atoms with E-state index in [1.54, 1.807) is 0 Å². The van der Waals surface area contributed by atoms with Gasteiger partial charge in [-0.15, -0.1) is 0 Å². The minimum Gasteiger partial charge on any atom is -0.395 e. The summed E-state index contributed by atoms with van der Waals surface area (Å²) >= 11 is 6.03. The van der Waals surface area contributed by atoms with Crippen molar-refractivity contribution >= 4 is 11.6 Å². The average Bonchev–Trinajstić information content (AvgIpc) is 2.38. The van der Waals surface area contributed by atoms with E-state index in [1.807, 2.05) is 18.2 Å². The number of aliphatic hydroxyl groups is 1. The highest BCUT2D eigenvalue weighted by Gasteiger charge is 2.28. The van der Waals surface area contributed by atoms with Crippen LogP contribution in [0.3, 0.4) is 0 Å². The lowest BCUT2D eigenvalue weighted by Gasteiger charge is -2.41. The Morgan fingerprint density at radius 1 is 1.47 bits per heavy atom. The summed E-state index contributed by atoms with van der Waals surface area (Å²) in [6.45, 7) is 7.31. The molecule has 1 aromatic rings. The minimum absolute atomic E-state index is 0.189. The lowest BCUT2D eigenvalue weighted by molar-refractivity contribution is 0.0645. The van der Waals surface area contributed by atoms with Gasteiger partial charge in [0.1, 0.15) is 0 Å². The number of rotatable bonds is 4. The third-order valence-electron chi connectivity index (χ3n) is 3.85. The maximum Gasteiger partial charge on any atom is 0.0599 e. The van der Waals surface area contributed by atoms with E-state index in [-0.39, 0.29) is 12.6 Å². The molecule has 0 bridgehead atoms. The zero-order valence-electron chi connectivity index (χ0n) is 11.6. The molecule has 0 aromatic heterocycles. The van der Waals surface area contributed by atoms with Gasteiger partial charge in [-0.25, -0.2) is 0 Å². The Hall–Kier alpha value is -0.610. The van der Waals surface area contributed by atoms with Crippen LogP contribution in [-0.4, -0.2) is 41.8 Å². The quantitative estimate of drug-likeness (QED) is 0.888. The second-order valence-corrected chi connectivity index (χ2v) is 6.09. The number of hydrogen-bond donors (Lipinski definition) is 2. The van der Waals surface area contributed by atoms with Crippen LogP contribution in [0, 0.1) is 5.92 Å². The second-order valence-electron chi connectivity index (χ2n) is 5.65. The van der Waals surface area contributed by atoms with Crippen LogP contribution in [0.4, 0.5) is 0 Å². The van der Waals surface area contributed by atoms with Gasteiger partial charge >= 0.3 is 0 Å². The van der Waals surface area contributed by atoms with E-state index in [1.165, 1.54) is 5.56 Å². The van der Waals surface area contributed by atoms with Crippen LogP contribution in [0.25, 0.3) is 0 Å². The molecule has 0 saturated carbocycles. The Morgan fingerprint density at radius 2 is 2.26 bits per heavy atom. The largest absolute Gasteiger partial charge is 0.395 e. The first kappa shape index (κ1) is 14.8. The third-order valence-corrected chi connectivity index (χ3v) is 4.09. The molecule has 3 nitrogen and oxygen atoms in total. The predicted octanol–water partition coefficient (Wildman–Crippen LogP) is 2.13. The van der Waals surface area contributed by atoms with Crippen LogP contribution >= 0.6 is 11.6 Å². The van der Waals surface area contributed by atoms with Crippen LogP contribution < -0.4 is 5.32 Å². The van der Waals surface area contributed by atoms with E-state index in [0.717, 1.165) is 24.7 Å². The van der Waals surface area contributed by atoms with Gasteiger partial charge in [0.25, 0.3) is 0 Å². The van der Waals surface area contributed by atoms with E-state index >= 15 is 0 Å². The lowest BCUT2D eigenvalue weighted by atomic mass is 9.99. The molecule has 1 aliphatic heterocycles. The fourth-order valence-electron chi connectivity index (χ4n) is 2.57. The van der Waals surface area contributed by atoms with Crippen molar-refractivity contribution in [3.8, 4) is 0 Å². The van der Waals surface area contributed by atoms with Crippen LogP contribution in [0.15, 0.2) is 24.3 Å². The molecule has 0 radical (unpaired) electrons. The fourth-order valence-corrected chi connectivity index (χ4v) is 2.79. The van der Waals surface area contributed by atoms with Gasteiger partial charge in [0.05, 0.1) is 6.61 Å². The summed E-state index contributed by atoms with van der Waals surface area (Å²) in [5.41, 5.74) is 1.20. The van der Waals surface area contributed by atoms with Crippen molar-refractivity contribution in [1.29, 1.82) is 0 Å². The van der Waals surface area contributed by atoms with Gasteiger partial charge in [-0.1, -0.05) is 37.6 Å². The molecule has 2 unspecified atom stereocenters. The smallest absolute Gasteiger partial charge is 0.0599 e. The molecule has 1 aromatic carbocycles. The molecule has 0 amide bonds. The van der Waals surface area contributed by atoms with Gasteiger partial charge < -0.3 is 10.4 Å². The summed E-state index contributed by atoms with van der Waals surface area (Å²) < 4.78 is 0.